The maximum absolute atomic E-state index is 11.8. The van der Waals surface area contributed by atoms with Gasteiger partial charge in [-0.2, -0.15) is 0 Å². The molecule has 0 radical (unpaired) electrons. The fourth-order valence-corrected chi connectivity index (χ4v) is 2.32. The first kappa shape index (κ1) is 20.6. The quantitative estimate of drug-likeness (QED) is 0.178. The average Bonchev–Trinajstić information content (AvgIpc) is 2.63. The van der Waals surface area contributed by atoms with E-state index in [2.05, 4.69) is 0 Å². The highest BCUT2D eigenvalue weighted by Crippen LogP contribution is 2.25. The van der Waals surface area contributed by atoms with Gasteiger partial charge in [0, 0.05) is 17.8 Å². The van der Waals surface area contributed by atoms with Crippen molar-refractivity contribution in [3.63, 3.8) is 0 Å². The Kier molecular flexibility index (Phi) is 7.27. The summed E-state index contributed by atoms with van der Waals surface area (Å²) in [4.78, 5) is 23.6. The molecule has 0 fully saturated rings. The Hall–Kier alpha value is -3.68. The van der Waals surface area contributed by atoms with Crippen molar-refractivity contribution in [2.75, 3.05) is 22.9 Å². The number of allylic oxidation sites excluding steroid dienone is 1. The lowest BCUT2D eigenvalue weighted by Gasteiger charge is -2.07. The molecule has 2 aromatic rings. The number of anilines is 4. The summed E-state index contributed by atoms with van der Waals surface area (Å²) in [5, 5.41) is 0. The molecule has 0 atom stereocenters. The van der Waals surface area contributed by atoms with Crippen molar-refractivity contribution in [1.29, 1.82) is 0 Å². The fraction of sp³-hybridized carbons (Fsp3) is 0.200. The van der Waals surface area contributed by atoms with Crippen LogP contribution in [-0.2, 0) is 9.59 Å². The van der Waals surface area contributed by atoms with Crippen molar-refractivity contribution < 1.29 is 19.1 Å². The lowest BCUT2D eigenvalue weighted by molar-refractivity contribution is -0.135. The van der Waals surface area contributed by atoms with Crippen LogP contribution in [-0.4, -0.2) is 11.9 Å². The molecule has 0 amide bonds. The Morgan fingerprint density at radius 1 is 0.786 bits per heavy atom. The van der Waals surface area contributed by atoms with E-state index in [1.165, 1.54) is 12.1 Å². The van der Waals surface area contributed by atoms with E-state index in [1.807, 2.05) is 0 Å². The molecular formula is C20H24N4O4. The molecule has 0 heterocycles. The van der Waals surface area contributed by atoms with Gasteiger partial charge in [-0.3, -0.25) is 9.59 Å². The number of unbranched alkanes of at least 4 members (excludes halogenated alkanes) is 1. The van der Waals surface area contributed by atoms with Gasteiger partial charge in [0.2, 0.25) is 0 Å². The zero-order chi connectivity index (χ0) is 20.5. The van der Waals surface area contributed by atoms with Crippen LogP contribution in [0.2, 0.25) is 0 Å². The number of rotatable bonds is 8. The van der Waals surface area contributed by atoms with Gasteiger partial charge in [-0.05, 0) is 49.2 Å². The molecule has 8 heteroatoms. The topological polar surface area (TPSA) is 157 Å². The molecule has 2 rings (SSSR count). The van der Waals surface area contributed by atoms with E-state index < -0.39 is 5.97 Å². The van der Waals surface area contributed by atoms with Gasteiger partial charge >= 0.3 is 11.9 Å². The van der Waals surface area contributed by atoms with Crippen molar-refractivity contribution in [2.24, 2.45) is 0 Å². The van der Waals surface area contributed by atoms with Gasteiger partial charge in [0.05, 0.1) is 17.8 Å². The number of ether oxygens (including phenoxy) is 2. The van der Waals surface area contributed by atoms with E-state index in [9.17, 15) is 9.59 Å². The SMILES string of the molecule is Nc1ccc(OC(=O)C/C=C/CCCC(=O)Oc2ccc(N)cc2N)c(N)c1. The largest absolute Gasteiger partial charge is 0.424 e. The second-order valence-electron chi connectivity index (χ2n) is 6.11. The maximum atomic E-state index is 11.8. The number of nitrogen functional groups attached to an aromatic ring is 4. The lowest BCUT2D eigenvalue weighted by Crippen LogP contribution is -2.09. The van der Waals surface area contributed by atoms with Crippen LogP contribution >= 0.6 is 0 Å². The molecule has 0 saturated carbocycles. The van der Waals surface area contributed by atoms with Crippen LogP contribution in [0.3, 0.4) is 0 Å². The highest BCUT2D eigenvalue weighted by molar-refractivity contribution is 5.77. The summed E-state index contributed by atoms with van der Waals surface area (Å²) in [6.07, 6.45) is 4.99. The minimum Gasteiger partial charge on any atom is -0.424 e. The molecule has 0 saturated heterocycles. The van der Waals surface area contributed by atoms with Gasteiger partial charge in [0.15, 0.2) is 11.5 Å². The van der Waals surface area contributed by atoms with Gasteiger partial charge in [-0.15, -0.1) is 0 Å². The van der Waals surface area contributed by atoms with Crippen LogP contribution in [0.4, 0.5) is 22.7 Å². The van der Waals surface area contributed by atoms with E-state index in [-0.39, 0.29) is 24.6 Å². The average molecular weight is 384 g/mol. The third kappa shape index (κ3) is 6.56. The molecule has 2 aromatic carbocycles. The summed E-state index contributed by atoms with van der Waals surface area (Å²) in [6, 6.07) is 9.37. The molecule has 0 unspecified atom stereocenters. The number of esters is 2. The third-order valence-corrected chi connectivity index (χ3v) is 3.72. The van der Waals surface area contributed by atoms with Gasteiger partial charge in [0.1, 0.15) is 0 Å². The predicted octanol–water partition coefficient (Wildman–Crippen LogP) is 2.64. The Labute approximate surface area is 163 Å². The summed E-state index contributed by atoms with van der Waals surface area (Å²) < 4.78 is 10.4. The van der Waals surface area contributed by atoms with Crippen LogP contribution in [0.1, 0.15) is 25.7 Å². The highest BCUT2D eigenvalue weighted by Gasteiger charge is 2.08. The number of carbonyl (C=O) groups is 2. The number of nitrogens with two attached hydrogens (primary N) is 4. The second-order valence-corrected chi connectivity index (χ2v) is 6.11. The van der Waals surface area contributed by atoms with E-state index in [0.717, 1.165) is 0 Å². The molecule has 0 aliphatic rings. The molecule has 0 spiro atoms. The molecule has 0 aliphatic heterocycles. The van der Waals surface area contributed by atoms with Crippen molar-refractivity contribution in [3.05, 3.63) is 48.6 Å². The summed E-state index contributed by atoms with van der Waals surface area (Å²) in [6.45, 7) is 0. The summed E-state index contributed by atoms with van der Waals surface area (Å²) in [5.41, 5.74) is 24.3. The first-order chi connectivity index (χ1) is 13.3. The first-order valence-corrected chi connectivity index (χ1v) is 8.71. The minimum absolute atomic E-state index is 0.0935. The molecule has 148 valence electrons. The van der Waals surface area contributed by atoms with Crippen molar-refractivity contribution >= 4 is 34.7 Å². The van der Waals surface area contributed by atoms with Crippen LogP contribution in [0.25, 0.3) is 0 Å². The third-order valence-electron chi connectivity index (χ3n) is 3.72. The second kappa shape index (κ2) is 9.86. The summed E-state index contributed by atoms with van der Waals surface area (Å²) >= 11 is 0. The first-order valence-electron chi connectivity index (χ1n) is 8.71. The van der Waals surface area contributed by atoms with E-state index in [4.69, 9.17) is 32.4 Å². The normalized spacial score (nSPS) is 10.7. The smallest absolute Gasteiger partial charge is 0.315 e. The molecule has 0 bridgehead atoms. The van der Waals surface area contributed by atoms with Gasteiger partial charge in [-0.1, -0.05) is 12.2 Å². The van der Waals surface area contributed by atoms with Crippen LogP contribution in [0.15, 0.2) is 48.6 Å². The van der Waals surface area contributed by atoms with E-state index in [1.54, 1.807) is 36.4 Å². The number of hydrogen-bond acceptors (Lipinski definition) is 8. The van der Waals surface area contributed by atoms with Crippen LogP contribution in [0.5, 0.6) is 11.5 Å². The zero-order valence-corrected chi connectivity index (χ0v) is 15.4. The van der Waals surface area contributed by atoms with Crippen molar-refractivity contribution in [3.8, 4) is 11.5 Å². The Bertz CT molecular complexity index is 881. The monoisotopic (exact) mass is 384 g/mol. The standard InChI is InChI=1S/C20H24N4O4/c21-13-7-9-17(15(23)11-13)27-19(25)5-3-1-2-4-6-20(26)28-18-10-8-14(22)12-16(18)24/h1,3,7-12H,2,4-6,21-24H2/b3-1+. The summed E-state index contributed by atoms with van der Waals surface area (Å²) in [7, 11) is 0. The van der Waals surface area contributed by atoms with Gasteiger partial charge in [-0.25, -0.2) is 0 Å². The zero-order valence-electron chi connectivity index (χ0n) is 15.4. The molecular weight excluding hydrogens is 360 g/mol. The van der Waals surface area contributed by atoms with Crippen LogP contribution < -0.4 is 32.4 Å². The summed E-state index contributed by atoms with van der Waals surface area (Å²) in [5.74, 6) is -0.259. The number of hydrogen-bond donors (Lipinski definition) is 4. The predicted molar refractivity (Wildman–Crippen MR) is 109 cm³/mol. The van der Waals surface area contributed by atoms with E-state index in [0.29, 0.717) is 41.3 Å². The fourth-order valence-electron chi connectivity index (χ4n) is 2.32. The minimum atomic E-state index is -0.439. The Morgan fingerprint density at radius 2 is 1.32 bits per heavy atom. The van der Waals surface area contributed by atoms with Crippen LogP contribution in [0, 0.1) is 0 Å². The number of benzene rings is 2. The molecule has 28 heavy (non-hydrogen) atoms. The Morgan fingerprint density at radius 3 is 1.86 bits per heavy atom. The maximum Gasteiger partial charge on any atom is 0.315 e. The number of carbonyl (C=O) groups excluding carboxylic acids is 2. The van der Waals surface area contributed by atoms with E-state index >= 15 is 0 Å². The Balaban J connectivity index is 1.66. The van der Waals surface area contributed by atoms with Gasteiger partial charge in [0.25, 0.3) is 0 Å². The molecule has 0 aliphatic carbocycles. The molecule has 8 nitrogen and oxygen atoms in total. The van der Waals surface area contributed by atoms with Gasteiger partial charge < -0.3 is 32.4 Å². The highest BCUT2D eigenvalue weighted by atomic mass is 16.5. The van der Waals surface area contributed by atoms with Crippen molar-refractivity contribution in [1.82, 2.24) is 0 Å². The lowest BCUT2D eigenvalue weighted by atomic mass is 10.2. The molecule has 0 aromatic heterocycles. The van der Waals surface area contributed by atoms with Crippen molar-refractivity contribution in [2.45, 2.75) is 25.7 Å². The molecule has 8 N–H and O–H groups in total.